The van der Waals surface area contributed by atoms with Crippen molar-refractivity contribution in [3.05, 3.63) is 39.3 Å². The number of hydrogen-bond donors (Lipinski definition) is 2. The van der Waals surface area contributed by atoms with Gasteiger partial charge >= 0.3 is 0 Å². The summed E-state index contributed by atoms with van der Waals surface area (Å²) in [7, 11) is 4.83. The number of rotatable bonds is 8. The van der Waals surface area contributed by atoms with Gasteiger partial charge in [0, 0.05) is 26.1 Å². The number of nitrogens with one attached hydrogen (secondary N) is 1. The quantitative estimate of drug-likeness (QED) is 0.426. The van der Waals surface area contributed by atoms with Crippen LogP contribution in [0.25, 0.3) is 22.2 Å². The lowest BCUT2D eigenvalue weighted by Gasteiger charge is -2.14. The fourth-order valence-electron chi connectivity index (χ4n) is 3.45. The Balaban J connectivity index is 2.24. The highest BCUT2D eigenvalue weighted by Gasteiger charge is 2.20. The Bertz CT molecular complexity index is 962. The summed E-state index contributed by atoms with van der Waals surface area (Å²) in [6, 6.07) is 7.79. The molecule has 0 radical (unpaired) electrons. The van der Waals surface area contributed by atoms with E-state index in [1.807, 2.05) is 24.3 Å². The Morgan fingerprint density at radius 2 is 1.68 bits per heavy atom. The molecule has 3 rings (SSSR count). The molecule has 0 saturated carbocycles. The van der Waals surface area contributed by atoms with Crippen LogP contribution in [-0.2, 0) is 6.42 Å². The number of methoxy groups -OCH3 is 3. The van der Waals surface area contributed by atoms with Crippen LogP contribution >= 0.6 is 27.5 Å². The van der Waals surface area contributed by atoms with Gasteiger partial charge in [-0.15, -0.1) is 0 Å². The van der Waals surface area contributed by atoms with Crippen molar-refractivity contribution in [1.29, 1.82) is 0 Å². The SMILES string of the molecule is COc1cc(-c2[nH]c3c(Br)cc(Cl)cc3c2CCCCN)cc(OC)c1OC. The zero-order chi connectivity index (χ0) is 20.3. The van der Waals surface area contributed by atoms with Crippen LogP contribution in [-0.4, -0.2) is 32.9 Å². The van der Waals surface area contributed by atoms with Gasteiger partial charge in [0.05, 0.1) is 26.8 Å². The van der Waals surface area contributed by atoms with Crippen LogP contribution < -0.4 is 19.9 Å². The monoisotopic (exact) mass is 466 g/mol. The van der Waals surface area contributed by atoms with Crippen LogP contribution in [0.4, 0.5) is 0 Å². The molecule has 2 aromatic carbocycles. The van der Waals surface area contributed by atoms with Crippen molar-refractivity contribution in [2.45, 2.75) is 19.3 Å². The Labute approximate surface area is 178 Å². The molecule has 3 aromatic rings. The number of unbranched alkanes of at least 4 members (excludes halogenated alkanes) is 1. The average Bonchev–Trinajstić information content (AvgIpc) is 3.05. The van der Waals surface area contributed by atoms with Crippen molar-refractivity contribution >= 4 is 38.4 Å². The molecule has 0 atom stereocenters. The van der Waals surface area contributed by atoms with Crippen LogP contribution in [0.15, 0.2) is 28.7 Å². The molecule has 3 N–H and O–H groups in total. The van der Waals surface area contributed by atoms with Gasteiger partial charge in [-0.25, -0.2) is 0 Å². The average molecular weight is 468 g/mol. The Hall–Kier alpha value is -1.89. The topological polar surface area (TPSA) is 69.5 Å². The maximum Gasteiger partial charge on any atom is 0.203 e. The molecule has 0 bridgehead atoms. The molecule has 7 heteroatoms. The molecule has 0 aliphatic carbocycles. The number of halogens is 2. The maximum absolute atomic E-state index is 6.33. The van der Waals surface area contributed by atoms with E-state index >= 15 is 0 Å². The van der Waals surface area contributed by atoms with Crippen LogP contribution in [0, 0.1) is 0 Å². The predicted molar refractivity (Wildman–Crippen MR) is 118 cm³/mol. The van der Waals surface area contributed by atoms with Crippen molar-refractivity contribution in [1.82, 2.24) is 4.98 Å². The lowest BCUT2D eigenvalue weighted by atomic mass is 9.99. The molecule has 1 heterocycles. The number of aromatic amines is 1. The summed E-state index contributed by atoms with van der Waals surface area (Å²) in [5.41, 5.74) is 9.87. The molecular weight excluding hydrogens is 444 g/mol. The first-order valence-electron chi connectivity index (χ1n) is 9.04. The van der Waals surface area contributed by atoms with E-state index in [1.165, 1.54) is 5.56 Å². The molecule has 150 valence electrons. The number of nitrogens with two attached hydrogens (primary N) is 1. The van der Waals surface area contributed by atoms with E-state index in [2.05, 4.69) is 20.9 Å². The fraction of sp³-hybridized carbons (Fsp3) is 0.333. The van der Waals surface area contributed by atoms with Crippen LogP contribution in [0.2, 0.25) is 5.02 Å². The van der Waals surface area contributed by atoms with Crippen LogP contribution in [0.5, 0.6) is 17.2 Å². The van der Waals surface area contributed by atoms with Gasteiger partial charge in [-0.05, 0) is 71.6 Å². The van der Waals surface area contributed by atoms with Crippen molar-refractivity contribution in [3.8, 4) is 28.5 Å². The highest BCUT2D eigenvalue weighted by molar-refractivity contribution is 9.10. The third-order valence-corrected chi connectivity index (χ3v) is 5.61. The van der Waals surface area contributed by atoms with Gasteiger partial charge in [-0.2, -0.15) is 0 Å². The minimum Gasteiger partial charge on any atom is -0.493 e. The number of benzene rings is 2. The Morgan fingerprint density at radius 1 is 1.00 bits per heavy atom. The smallest absolute Gasteiger partial charge is 0.203 e. The molecular formula is C21H24BrClN2O3. The summed E-state index contributed by atoms with van der Waals surface area (Å²) in [6.07, 6.45) is 2.84. The molecule has 28 heavy (non-hydrogen) atoms. The summed E-state index contributed by atoms with van der Waals surface area (Å²) < 4.78 is 17.4. The normalized spacial score (nSPS) is 11.1. The van der Waals surface area contributed by atoms with Crippen molar-refractivity contribution in [2.75, 3.05) is 27.9 Å². The summed E-state index contributed by atoms with van der Waals surface area (Å²) in [6.45, 7) is 0.673. The largest absolute Gasteiger partial charge is 0.493 e. The molecule has 0 spiro atoms. The maximum atomic E-state index is 6.33. The van der Waals surface area contributed by atoms with E-state index in [4.69, 9.17) is 31.5 Å². The second-order valence-electron chi connectivity index (χ2n) is 6.45. The lowest BCUT2D eigenvalue weighted by Crippen LogP contribution is -2.00. The molecule has 0 saturated heterocycles. The van der Waals surface area contributed by atoms with Crippen molar-refractivity contribution < 1.29 is 14.2 Å². The zero-order valence-electron chi connectivity index (χ0n) is 16.2. The first-order valence-corrected chi connectivity index (χ1v) is 10.2. The molecule has 0 aliphatic rings. The van der Waals surface area contributed by atoms with Crippen LogP contribution in [0.3, 0.4) is 0 Å². The lowest BCUT2D eigenvalue weighted by molar-refractivity contribution is 0.324. The number of fused-ring (bicyclic) bond motifs is 1. The third kappa shape index (κ3) is 3.95. The standard InChI is InChI=1S/C21H24BrClN2O3/c1-26-17-8-12(9-18(27-2)21(17)28-3)19-14(6-4-5-7-24)15-10-13(23)11-16(22)20(15)25-19/h8-11,25H,4-7,24H2,1-3H3. The van der Waals surface area contributed by atoms with Gasteiger partial charge in [0.15, 0.2) is 11.5 Å². The van der Waals surface area contributed by atoms with Crippen molar-refractivity contribution in [2.24, 2.45) is 5.73 Å². The number of hydrogen-bond acceptors (Lipinski definition) is 4. The van der Waals surface area contributed by atoms with Gasteiger partial charge in [0.2, 0.25) is 5.75 Å². The molecule has 0 unspecified atom stereocenters. The highest BCUT2D eigenvalue weighted by Crippen LogP contribution is 2.44. The van der Waals surface area contributed by atoms with Gasteiger partial charge in [-0.1, -0.05) is 11.6 Å². The molecule has 5 nitrogen and oxygen atoms in total. The number of aryl methyl sites for hydroxylation is 1. The number of aromatic nitrogens is 1. The summed E-state index contributed by atoms with van der Waals surface area (Å²) in [4.78, 5) is 3.55. The van der Waals surface area contributed by atoms with Gasteiger partial charge in [-0.3, -0.25) is 0 Å². The predicted octanol–water partition coefficient (Wildman–Crippen LogP) is 5.56. The fourth-order valence-corrected chi connectivity index (χ4v) is 4.36. The summed E-state index contributed by atoms with van der Waals surface area (Å²) in [5, 5.41) is 1.79. The molecule has 0 aliphatic heterocycles. The number of ether oxygens (including phenoxy) is 3. The zero-order valence-corrected chi connectivity index (χ0v) is 18.5. The second-order valence-corrected chi connectivity index (χ2v) is 7.74. The first-order chi connectivity index (χ1) is 13.5. The minimum absolute atomic E-state index is 0.568. The van der Waals surface area contributed by atoms with E-state index in [0.717, 1.165) is 45.9 Å². The van der Waals surface area contributed by atoms with E-state index in [9.17, 15) is 0 Å². The summed E-state index contributed by atoms with van der Waals surface area (Å²) >= 11 is 9.95. The molecule has 0 amide bonds. The van der Waals surface area contributed by atoms with E-state index in [-0.39, 0.29) is 0 Å². The first kappa shape index (κ1) is 20.8. The summed E-state index contributed by atoms with van der Waals surface area (Å²) in [5.74, 6) is 1.79. The second kappa shape index (κ2) is 9.07. The van der Waals surface area contributed by atoms with Gasteiger partial charge in [0.25, 0.3) is 0 Å². The van der Waals surface area contributed by atoms with Crippen molar-refractivity contribution in [3.63, 3.8) is 0 Å². The minimum atomic E-state index is 0.568. The van der Waals surface area contributed by atoms with Gasteiger partial charge in [0.1, 0.15) is 0 Å². The Kier molecular flexibility index (Phi) is 6.75. The highest BCUT2D eigenvalue weighted by atomic mass is 79.9. The number of H-pyrrole nitrogens is 1. The van der Waals surface area contributed by atoms with Gasteiger partial charge < -0.3 is 24.9 Å². The van der Waals surface area contributed by atoms with E-state index in [0.29, 0.717) is 28.8 Å². The van der Waals surface area contributed by atoms with E-state index < -0.39 is 0 Å². The molecule has 0 fully saturated rings. The Morgan fingerprint density at radius 3 is 2.25 bits per heavy atom. The third-order valence-electron chi connectivity index (χ3n) is 4.77. The molecule has 1 aromatic heterocycles. The van der Waals surface area contributed by atoms with E-state index in [1.54, 1.807) is 21.3 Å². The van der Waals surface area contributed by atoms with Crippen LogP contribution in [0.1, 0.15) is 18.4 Å².